The molecule has 0 saturated carbocycles. The van der Waals surface area contributed by atoms with Crippen LogP contribution in [0.1, 0.15) is 22.8 Å². The van der Waals surface area contributed by atoms with Gasteiger partial charge in [0.25, 0.3) is 0 Å². The molecule has 0 N–H and O–H groups in total. The first-order valence-electron chi connectivity index (χ1n) is 8.08. The summed E-state index contributed by atoms with van der Waals surface area (Å²) in [5.74, 6) is 0.0658. The van der Waals surface area contributed by atoms with Crippen LogP contribution >= 0.6 is 0 Å². The van der Waals surface area contributed by atoms with Gasteiger partial charge >= 0.3 is 6.18 Å². The van der Waals surface area contributed by atoms with E-state index in [9.17, 15) is 21.6 Å². The van der Waals surface area contributed by atoms with Crippen LogP contribution < -0.4 is 4.74 Å². The number of hydrogen-bond acceptors (Lipinski definition) is 3. The van der Waals surface area contributed by atoms with Gasteiger partial charge in [-0.05, 0) is 29.7 Å². The number of rotatable bonds is 5. The summed E-state index contributed by atoms with van der Waals surface area (Å²) in [5.41, 5.74) is 1.33. The molecular weight excluding hydrogens is 367 g/mol. The summed E-state index contributed by atoms with van der Waals surface area (Å²) in [6.45, 7) is -0.904. The van der Waals surface area contributed by atoms with Gasteiger partial charge in [0.2, 0.25) is 10.0 Å². The fraction of sp³-hybridized carbons (Fsp3) is 0.333. The molecule has 1 unspecified atom stereocenters. The quantitative estimate of drug-likeness (QED) is 0.784. The maximum absolute atomic E-state index is 12.8. The van der Waals surface area contributed by atoms with E-state index in [1.807, 2.05) is 6.07 Å². The largest absolute Gasteiger partial charge is 0.484 e. The fourth-order valence-corrected chi connectivity index (χ4v) is 4.95. The van der Waals surface area contributed by atoms with Crippen molar-refractivity contribution in [3.05, 3.63) is 65.7 Å². The van der Waals surface area contributed by atoms with Crippen LogP contribution in [0.2, 0.25) is 0 Å². The van der Waals surface area contributed by atoms with Gasteiger partial charge in [-0.3, -0.25) is 0 Å². The normalized spacial score (nSPS) is 20.2. The Labute approximate surface area is 150 Å². The molecule has 1 aliphatic heterocycles. The van der Waals surface area contributed by atoms with Gasteiger partial charge in [-0.2, -0.15) is 17.5 Å². The van der Waals surface area contributed by atoms with E-state index in [1.165, 1.54) is 16.4 Å². The average molecular weight is 385 g/mol. The molecule has 1 fully saturated rings. The van der Waals surface area contributed by atoms with Crippen LogP contribution in [0.4, 0.5) is 13.2 Å². The molecule has 2 aromatic carbocycles. The summed E-state index contributed by atoms with van der Waals surface area (Å²) in [6, 6.07) is 15.1. The van der Waals surface area contributed by atoms with E-state index >= 15 is 0 Å². The number of nitrogens with zero attached hydrogens (tertiary/aromatic N) is 1. The minimum atomic E-state index is -4.42. The standard InChI is InChI=1S/C18H18F3NO3S/c19-18(20,21)13-25-16-8-4-5-14(11-16)12-22-10-9-17(26(22,23)24)15-6-2-1-3-7-15/h1-8,11,17H,9-10,12-13H2. The lowest BCUT2D eigenvalue weighted by Crippen LogP contribution is -2.26. The zero-order valence-electron chi connectivity index (χ0n) is 13.8. The van der Waals surface area contributed by atoms with E-state index in [4.69, 9.17) is 4.74 Å². The first-order valence-corrected chi connectivity index (χ1v) is 9.58. The SMILES string of the molecule is O=S1(=O)C(c2ccccc2)CCN1Cc1cccc(OCC(F)(F)F)c1. The Morgan fingerprint density at radius 3 is 2.50 bits per heavy atom. The molecule has 1 aliphatic rings. The van der Waals surface area contributed by atoms with Gasteiger partial charge in [0, 0.05) is 13.1 Å². The van der Waals surface area contributed by atoms with Crippen molar-refractivity contribution in [1.82, 2.24) is 4.31 Å². The lowest BCUT2D eigenvalue weighted by molar-refractivity contribution is -0.153. The highest BCUT2D eigenvalue weighted by atomic mass is 32.2. The van der Waals surface area contributed by atoms with Crippen molar-refractivity contribution in [2.24, 2.45) is 0 Å². The molecule has 0 aromatic heterocycles. The third kappa shape index (κ3) is 4.37. The van der Waals surface area contributed by atoms with E-state index in [1.54, 1.807) is 36.4 Å². The Bertz CT molecular complexity index is 853. The molecule has 26 heavy (non-hydrogen) atoms. The topological polar surface area (TPSA) is 46.6 Å². The average Bonchev–Trinajstić information content (AvgIpc) is 2.88. The molecule has 2 aromatic rings. The first-order chi connectivity index (χ1) is 12.3. The molecule has 0 amide bonds. The summed E-state index contributed by atoms with van der Waals surface area (Å²) in [7, 11) is -3.51. The monoisotopic (exact) mass is 385 g/mol. The second kappa shape index (κ2) is 7.28. The van der Waals surface area contributed by atoms with Crippen molar-refractivity contribution in [2.75, 3.05) is 13.2 Å². The van der Waals surface area contributed by atoms with Crippen molar-refractivity contribution in [3.8, 4) is 5.75 Å². The van der Waals surface area contributed by atoms with Crippen molar-refractivity contribution < 1.29 is 26.3 Å². The Morgan fingerprint density at radius 2 is 1.81 bits per heavy atom. The van der Waals surface area contributed by atoms with Crippen LogP contribution in [0.15, 0.2) is 54.6 Å². The molecule has 1 atom stereocenters. The molecule has 1 saturated heterocycles. The van der Waals surface area contributed by atoms with Crippen LogP contribution in [-0.4, -0.2) is 32.1 Å². The molecule has 4 nitrogen and oxygen atoms in total. The lowest BCUT2D eigenvalue weighted by atomic mass is 10.1. The van der Waals surface area contributed by atoms with Crippen molar-refractivity contribution in [2.45, 2.75) is 24.4 Å². The Morgan fingerprint density at radius 1 is 1.08 bits per heavy atom. The summed E-state index contributed by atoms with van der Waals surface area (Å²) < 4.78 is 68.5. The zero-order chi connectivity index (χ0) is 18.8. The molecule has 1 heterocycles. The summed E-state index contributed by atoms with van der Waals surface area (Å²) in [4.78, 5) is 0. The summed E-state index contributed by atoms with van der Waals surface area (Å²) in [6.07, 6.45) is -3.94. The van der Waals surface area contributed by atoms with E-state index in [-0.39, 0.29) is 12.3 Å². The number of ether oxygens (including phenoxy) is 1. The van der Waals surface area contributed by atoms with Crippen LogP contribution in [0.25, 0.3) is 0 Å². The molecule has 0 radical (unpaired) electrons. The van der Waals surface area contributed by atoms with E-state index in [0.29, 0.717) is 18.5 Å². The van der Waals surface area contributed by atoms with Crippen LogP contribution in [0.5, 0.6) is 5.75 Å². The molecule has 0 aliphatic carbocycles. The van der Waals surface area contributed by atoms with Crippen molar-refractivity contribution >= 4 is 10.0 Å². The van der Waals surface area contributed by atoms with Gasteiger partial charge < -0.3 is 4.74 Å². The molecule has 8 heteroatoms. The minimum Gasteiger partial charge on any atom is -0.484 e. The third-order valence-corrected chi connectivity index (χ3v) is 6.45. The van der Waals surface area contributed by atoms with Gasteiger partial charge in [0.05, 0.1) is 0 Å². The van der Waals surface area contributed by atoms with Crippen LogP contribution in [-0.2, 0) is 16.6 Å². The van der Waals surface area contributed by atoms with Crippen molar-refractivity contribution in [1.29, 1.82) is 0 Å². The molecule has 3 rings (SSSR count). The van der Waals surface area contributed by atoms with Gasteiger partial charge in [-0.1, -0.05) is 42.5 Å². The zero-order valence-corrected chi connectivity index (χ0v) is 14.6. The Hall–Kier alpha value is -2.06. The molecule has 0 spiro atoms. The van der Waals surface area contributed by atoms with Crippen LogP contribution in [0, 0.1) is 0 Å². The molecule has 0 bridgehead atoms. The smallest absolute Gasteiger partial charge is 0.422 e. The lowest BCUT2D eigenvalue weighted by Gasteiger charge is -2.18. The van der Waals surface area contributed by atoms with Crippen LogP contribution in [0.3, 0.4) is 0 Å². The van der Waals surface area contributed by atoms with Crippen molar-refractivity contribution in [3.63, 3.8) is 0 Å². The number of alkyl halides is 3. The van der Waals surface area contributed by atoms with Gasteiger partial charge in [0.1, 0.15) is 11.0 Å². The van der Waals surface area contributed by atoms with E-state index in [2.05, 4.69) is 0 Å². The highest BCUT2D eigenvalue weighted by Gasteiger charge is 2.39. The predicted molar refractivity (Wildman–Crippen MR) is 91.1 cm³/mol. The number of hydrogen-bond donors (Lipinski definition) is 0. The highest BCUT2D eigenvalue weighted by molar-refractivity contribution is 7.89. The molecule has 140 valence electrons. The molecular formula is C18H18F3NO3S. The van der Waals surface area contributed by atoms with Gasteiger partial charge in [0.15, 0.2) is 6.61 Å². The maximum atomic E-state index is 12.8. The second-order valence-corrected chi connectivity index (χ2v) is 8.23. The Kier molecular flexibility index (Phi) is 5.24. The highest BCUT2D eigenvalue weighted by Crippen LogP contribution is 2.36. The van der Waals surface area contributed by atoms with E-state index in [0.717, 1.165) is 5.56 Å². The number of sulfonamides is 1. The predicted octanol–water partition coefficient (Wildman–Crippen LogP) is 3.90. The third-order valence-electron chi connectivity index (χ3n) is 4.19. The van der Waals surface area contributed by atoms with E-state index < -0.39 is 28.1 Å². The Balaban J connectivity index is 1.72. The number of halogens is 3. The second-order valence-electron chi connectivity index (χ2n) is 6.12. The number of benzene rings is 2. The van der Waals surface area contributed by atoms with Gasteiger partial charge in [-0.25, -0.2) is 8.42 Å². The first kappa shape index (κ1) is 18.7. The fourth-order valence-electron chi connectivity index (χ4n) is 3.00. The summed E-state index contributed by atoms with van der Waals surface area (Å²) in [5, 5.41) is -0.589. The summed E-state index contributed by atoms with van der Waals surface area (Å²) >= 11 is 0. The minimum absolute atomic E-state index is 0.0658. The maximum Gasteiger partial charge on any atom is 0.422 e. The van der Waals surface area contributed by atoms with Gasteiger partial charge in [-0.15, -0.1) is 0 Å².